The van der Waals surface area contributed by atoms with E-state index < -0.39 is 0 Å². The van der Waals surface area contributed by atoms with E-state index >= 15 is 0 Å². The van der Waals surface area contributed by atoms with Crippen molar-refractivity contribution in [2.45, 2.75) is 45.4 Å². The Labute approximate surface area is 169 Å². The molecule has 2 aliphatic rings. The summed E-state index contributed by atoms with van der Waals surface area (Å²) in [6.45, 7) is 3.98. The predicted octanol–water partition coefficient (Wildman–Crippen LogP) is 5.28. The summed E-state index contributed by atoms with van der Waals surface area (Å²) in [5.41, 5.74) is 7.38. The van der Waals surface area contributed by atoms with Gasteiger partial charge in [0.25, 0.3) is 0 Å². The van der Waals surface area contributed by atoms with Gasteiger partial charge >= 0.3 is 0 Å². The number of amides is 1. The first-order valence-electron chi connectivity index (χ1n) is 10.2. The van der Waals surface area contributed by atoms with Crippen molar-refractivity contribution < 1.29 is 9.18 Å². The zero-order chi connectivity index (χ0) is 20.2. The zero-order valence-electron chi connectivity index (χ0n) is 16.7. The van der Waals surface area contributed by atoms with Crippen LogP contribution in [0.2, 0.25) is 0 Å². The number of halogens is 1. The van der Waals surface area contributed by atoms with Crippen molar-refractivity contribution in [1.82, 2.24) is 10.2 Å². The lowest BCUT2D eigenvalue weighted by molar-refractivity contribution is -0.116. The third kappa shape index (κ3) is 3.15. The lowest BCUT2D eigenvalue weighted by Crippen LogP contribution is -2.19. The molecule has 1 amide bonds. The highest BCUT2D eigenvalue weighted by atomic mass is 19.1. The van der Waals surface area contributed by atoms with Crippen molar-refractivity contribution in [2.24, 2.45) is 5.41 Å². The number of carbonyl (C=O) groups is 1. The van der Waals surface area contributed by atoms with Gasteiger partial charge in [0.2, 0.25) is 5.91 Å². The Balaban J connectivity index is 1.30. The summed E-state index contributed by atoms with van der Waals surface area (Å²) >= 11 is 0. The number of rotatable bonds is 4. The Morgan fingerprint density at radius 3 is 2.62 bits per heavy atom. The lowest BCUT2D eigenvalue weighted by atomic mass is 9.86. The largest absolute Gasteiger partial charge is 0.326 e. The third-order valence-electron chi connectivity index (χ3n) is 6.63. The third-order valence-corrected chi connectivity index (χ3v) is 6.63. The normalized spacial score (nSPS) is 18.7. The monoisotopic (exact) mass is 389 g/mol. The van der Waals surface area contributed by atoms with Crippen LogP contribution in [0.15, 0.2) is 42.5 Å². The van der Waals surface area contributed by atoms with E-state index in [2.05, 4.69) is 15.5 Å². The molecule has 1 saturated carbocycles. The number of aromatic amines is 1. The van der Waals surface area contributed by atoms with Gasteiger partial charge in [-0.15, -0.1) is 0 Å². The minimum Gasteiger partial charge on any atom is -0.326 e. The van der Waals surface area contributed by atoms with Gasteiger partial charge in [-0.05, 0) is 85.4 Å². The van der Waals surface area contributed by atoms with E-state index in [1.54, 1.807) is 6.07 Å². The van der Waals surface area contributed by atoms with Crippen LogP contribution in [0.5, 0.6) is 0 Å². The van der Waals surface area contributed by atoms with Gasteiger partial charge in [0, 0.05) is 23.4 Å². The molecule has 4 nitrogen and oxygen atoms in total. The van der Waals surface area contributed by atoms with Gasteiger partial charge in [-0.3, -0.25) is 9.89 Å². The van der Waals surface area contributed by atoms with E-state index in [4.69, 9.17) is 0 Å². The van der Waals surface area contributed by atoms with Gasteiger partial charge < -0.3 is 5.32 Å². The van der Waals surface area contributed by atoms with Crippen LogP contribution in [-0.2, 0) is 11.2 Å². The molecular weight excluding hydrogens is 365 g/mol. The Morgan fingerprint density at radius 1 is 1.21 bits per heavy atom. The van der Waals surface area contributed by atoms with Crippen LogP contribution in [-0.4, -0.2) is 16.1 Å². The molecule has 3 aromatic rings. The zero-order valence-corrected chi connectivity index (χ0v) is 16.7. The van der Waals surface area contributed by atoms with Crippen molar-refractivity contribution in [3.8, 4) is 11.1 Å². The highest BCUT2D eigenvalue weighted by Crippen LogP contribution is 2.64. The maximum Gasteiger partial charge on any atom is 0.225 e. The van der Waals surface area contributed by atoms with E-state index in [1.165, 1.54) is 6.07 Å². The maximum absolute atomic E-state index is 13.6. The second-order valence-corrected chi connectivity index (χ2v) is 8.57. The molecule has 0 radical (unpaired) electrons. The summed E-state index contributed by atoms with van der Waals surface area (Å²) < 4.78 is 13.6. The molecule has 1 unspecified atom stereocenters. The summed E-state index contributed by atoms with van der Waals surface area (Å²) in [7, 11) is 0. The van der Waals surface area contributed by atoms with Crippen LogP contribution in [0, 0.1) is 25.1 Å². The quantitative estimate of drug-likeness (QED) is 0.638. The molecule has 148 valence electrons. The molecule has 2 aromatic carbocycles. The number of hydrogen-bond acceptors (Lipinski definition) is 2. The van der Waals surface area contributed by atoms with Crippen LogP contribution >= 0.6 is 0 Å². The number of aryl methyl sites for hydroxylation is 2. The summed E-state index contributed by atoms with van der Waals surface area (Å²) in [4.78, 5) is 12.8. The van der Waals surface area contributed by atoms with E-state index in [0.29, 0.717) is 6.42 Å². The highest BCUT2D eigenvalue weighted by molar-refractivity contribution is 5.92. The summed E-state index contributed by atoms with van der Waals surface area (Å²) in [6, 6.07) is 12.9. The standard InChI is InChI=1S/C24H24FN3O/c1-14-23(15(2)28-27-14)16-3-6-19(7-4-16)26-22(29)12-21-20-8-5-18(25)11-17(20)13-24(21)9-10-24/h3-8,11,21H,9-10,12-13H2,1-2H3,(H,26,29)(H,27,28). The Hall–Kier alpha value is -2.95. The van der Waals surface area contributed by atoms with Crippen LogP contribution in [0.4, 0.5) is 10.1 Å². The molecule has 1 spiro atoms. The van der Waals surface area contributed by atoms with Crippen LogP contribution < -0.4 is 5.32 Å². The van der Waals surface area contributed by atoms with Gasteiger partial charge in [0.05, 0.1) is 5.69 Å². The lowest BCUT2D eigenvalue weighted by Gasteiger charge is -2.19. The number of hydrogen-bond donors (Lipinski definition) is 2. The Morgan fingerprint density at radius 2 is 1.97 bits per heavy atom. The first-order chi connectivity index (χ1) is 13.9. The summed E-state index contributed by atoms with van der Waals surface area (Å²) in [5.74, 6) is 0.0170. The molecule has 2 N–H and O–H groups in total. The molecular formula is C24H24FN3O. The molecule has 5 rings (SSSR count). The first kappa shape index (κ1) is 18.1. The molecule has 2 aliphatic carbocycles. The Bertz CT molecular complexity index is 1080. The van der Waals surface area contributed by atoms with Gasteiger partial charge in [-0.2, -0.15) is 5.10 Å². The number of nitrogens with zero attached hydrogens (tertiary/aromatic N) is 1. The van der Waals surface area contributed by atoms with Crippen molar-refractivity contribution in [1.29, 1.82) is 0 Å². The number of fused-ring (bicyclic) bond motifs is 1. The number of carbonyl (C=O) groups excluding carboxylic acids is 1. The molecule has 0 aliphatic heterocycles. The molecule has 0 saturated heterocycles. The molecule has 1 aromatic heterocycles. The average Bonchev–Trinajstić information content (AvgIpc) is 3.30. The van der Waals surface area contributed by atoms with Gasteiger partial charge in [0.1, 0.15) is 5.82 Å². The molecule has 1 atom stereocenters. The fraction of sp³-hybridized carbons (Fsp3) is 0.333. The fourth-order valence-electron chi connectivity index (χ4n) is 5.01. The number of benzene rings is 2. The number of nitrogens with one attached hydrogen (secondary N) is 2. The SMILES string of the molecule is Cc1n[nH]c(C)c1-c1ccc(NC(=O)CC2c3ccc(F)cc3CC23CC3)cc1. The molecule has 1 fully saturated rings. The minimum atomic E-state index is -0.187. The summed E-state index contributed by atoms with van der Waals surface area (Å²) in [5, 5.41) is 10.3. The second-order valence-electron chi connectivity index (χ2n) is 8.57. The average molecular weight is 389 g/mol. The topological polar surface area (TPSA) is 57.8 Å². The maximum atomic E-state index is 13.6. The van der Waals surface area contributed by atoms with Crippen molar-refractivity contribution in [3.05, 3.63) is 70.8 Å². The van der Waals surface area contributed by atoms with E-state index in [9.17, 15) is 9.18 Å². The van der Waals surface area contributed by atoms with Crippen molar-refractivity contribution in [2.75, 3.05) is 5.32 Å². The number of aromatic nitrogens is 2. The fourth-order valence-corrected chi connectivity index (χ4v) is 5.01. The van der Waals surface area contributed by atoms with E-state index in [1.807, 2.05) is 44.2 Å². The molecule has 29 heavy (non-hydrogen) atoms. The van der Waals surface area contributed by atoms with Crippen LogP contribution in [0.1, 0.15) is 47.7 Å². The Kier molecular flexibility index (Phi) is 4.09. The molecule has 5 heteroatoms. The summed E-state index contributed by atoms with van der Waals surface area (Å²) in [6.07, 6.45) is 3.59. The van der Waals surface area contributed by atoms with Crippen LogP contribution in [0.25, 0.3) is 11.1 Å². The smallest absolute Gasteiger partial charge is 0.225 e. The predicted molar refractivity (Wildman–Crippen MR) is 111 cm³/mol. The first-order valence-corrected chi connectivity index (χ1v) is 10.2. The number of anilines is 1. The molecule has 1 heterocycles. The van der Waals surface area contributed by atoms with E-state index in [-0.39, 0.29) is 23.1 Å². The van der Waals surface area contributed by atoms with Gasteiger partial charge in [-0.25, -0.2) is 4.39 Å². The van der Waals surface area contributed by atoms with Crippen LogP contribution in [0.3, 0.4) is 0 Å². The minimum absolute atomic E-state index is 0.0156. The van der Waals surface area contributed by atoms with Gasteiger partial charge in [-0.1, -0.05) is 18.2 Å². The van der Waals surface area contributed by atoms with Crippen molar-refractivity contribution in [3.63, 3.8) is 0 Å². The second kappa shape index (κ2) is 6.55. The number of H-pyrrole nitrogens is 1. The van der Waals surface area contributed by atoms with Crippen molar-refractivity contribution >= 4 is 11.6 Å². The highest BCUT2D eigenvalue weighted by Gasteiger charge is 2.54. The van der Waals surface area contributed by atoms with Gasteiger partial charge in [0.15, 0.2) is 0 Å². The molecule has 0 bridgehead atoms. The van der Waals surface area contributed by atoms with E-state index in [0.717, 1.165) is 58.6 Å².